The van der Waals surface area contributed by atoms with E-state index >= 15 is 0 Å². The van der Waals surface area contributed by atoms with E-state index in [0.717, 1.165) is 17.8 Å². The van der Waals surface area contributed by atoms with E-state index in [4.69, 9.17) is 4.74 Å². The molecule has 1 aliphatic rings. The number of aromatic nitrogens is 2. The van der Waals surface area contributed by atoms with Gasteiger partial charge in [-0.2, -0.15) is 0 Å². The molecule has 0 radical (unpaired) electrons. The highest BCUT2D eigenvalue weighted by Gasteiger charge is 2.23. The van der Waals surface area contributed by atoms with Gasteiger partial charge in [0.1, 0.15) is 5.82 Å². The van der Waals surface area contributed by atoms with E-state index in [-0.39, 0.29) is 12.2 Å². The highest BCUT2D eigenvalue weighted by atomic mass is 16.5. The highest BCUT2D eigenvalue weighted by Crippen LogP contribution is 2.18. The number of nitrogens with one attached hydrogen (secondary N) is 1. The molecule has 1 aliphatic heterocycles. The van der Waals surface area contributed by atoms with Crippen molar-refractivity contribution in [2.24, 2.45) is 0 Å². The maximum Gasteiger partial charge on any atom is 0.255 e. The molecule has 0 aliphatic carbocycles. The molecule has 0 spiro atoms. The van der Waals surface area contributed by atoms with Crippen molar-refractivity contribution in [2.45, 2.75) is 19.1 Å². The number of hydrogen-bond donors (Lipinski definition) is 2. The molecule has 1 aromatic carbocycles. The fourth-order valence-corrected chi connectivity index (χ4v) is 3.01. The average molecular weight is 341 g/mol. The number of aromatic amines is 1. The van der Waals surface area contributed by atoms with Gasteiger partial charge in [-0.3, -0.25) is 9.69 Å². The third-order valence-corrected chi connectivity index (χ3v) is 4.21. The normalized spacial score (nSPS) is 15.6. The average Bonchev–Trinajstić information content (AvgIpc) is 2.63. The minimum atomic E-state index is -0.586. The minimum Gasteiger partial charge on any atom is -0.389 e. The summed E-state index contributed by atoms with van der Waals surface area (Å²) >= 11 is 0. The van der Waals surface area contributed by atoms with Gasteiger partial charge in [0.2, 0.25) is 0 Å². The van der Waals surface area contributed by atoms with Gasteiger partial charge in [-0.25, -0.2) is 4.98 Å². The Labute approximate surface area is 146 Å². The lowest BCUT2D eigenvalue weighted by Crippen LogP contribution is -2.41. The van der Waals surface area contributed by atoms with Gasteiger partial charge in [0, 0.05) is 31.6 Å². The summed E-state index contributed by atoms with van der Waals surface area (Å²) in [5.74, 6) is 0.607. The van der Waals surface area contributed by atoms with Crippen molar-refractivity contribution in [1.29, 1.82) is 0 Å². The van der Waals surface area contributed by atoms with Gasteiger partial charge < -0.3 is 14.8 Å². The Morgan fingerprint density at radius 1 is 1.40 bits per heavy atom. The Morgan fingerprint density at radius 2 is 2.20 bits per heavy atom. The summed E-state index contributed by atoms with van der Waals surface area (Å²) in [7, 11) is 0. The number of aliphatic hydroxyl groups excluding tert-OH is 1. The lowest BCUT2D eigenvalue weighted by molar-refractivity contribution is 0.0233. The second-order valence-corrected chi connectivity index (χ2v) is 6.17. The van der Waals surface area contributed by atoms with Crippen LogP contribution in [0.15, 0.2) is 47.8 Å². The largest absolute Gasteiger partial charge is 0.389 e. The summed E-state index contributed by atoms with van der Waals surface area (Å²) in [4.78, 5) is 22.1. The van der Waals surface area contributed by atoms with E-state index in [1.54, 1.807) is 6.08 Å². The fourth-order valence-electron chi connectivity index (χ4n) is 3.01. The molecule has 2 aromatic rings. The summed E-state index contributed by atoms with van der Waals surface area (Å²) in [5.41, 5.74) is 2.33. The number of rotatable bonds is 7. The predicted molar refractivity (Wildman–Crippen MR) is 96.3 cm³/mol. The Hall–Kier alpha value is -2.28. The Bertz CT molecular complexity index is 773. The first-order chi connectivity index (χ1) is 12.2. The first-order valence-electron chi connectivity index (χ1n) is 8.44. The lowest BCUT2D eigenvalue weighted by Gasteiger charge is -2.29. The zero-order valence-corrected chi connectivity index (χ0v) is 14.1. The molecular formula is C19H23N3O3. The number of ether oxygens (including phenoxy) is 1. The molecule has 0 fully saturated rings. The second-order valence-electron chi connectivity index (χ2n) is 6.17. The van der Waals surface area contributed by atoms with Crippen LogP contribution in [0.5, 0.6) is 0 Å². The SMILES string of the molecule is C=CCOCC(O)CN1CCc2nc(-c3ccccc3)[nH]c(=O)c2C1. The van der Waals surface area contributed by atoms with Crippen LogP contribution in [0.4, 0.5) is 0 Å². The fraction of sp³-hybridized carbons (Fsp3) is 0.368. The van der Waals surface area contributed by atoms with E-state index in [2.05, 4.69) is 21.4 Å². The van der Waals surface area contributed by atoms with Crippen molar-refractivity contribution in [3.63, 3.8) is 0 Å². The van der Waals surface area contributed by atoms with Crippen LogP contribution in [0, 0.1) is 0 Å². The van der Waals surface area contributed by atoms with Crippen molar-refractivity contribution in [3.8, 4) is 11.4 Å². The number of benzene rings is 1. The summed E-state index contributed by atoms with van der Waals surface area (Å²) < 4.78 is 5.27. The molecule has 0 saturated carbocycles. The highest BCUT2D eigenvalue weighted by molar-refractivity contribution is 5.54. The van der Waals surface area contributed by atoms with Crippen LogP contribution in [0.25, 0.3) is 11.4 Å². The van der Waals surface area contributed by atoms with Gasteiger partial charge in [-0.15, -0.1) is 6.58 Å². The van der Waals surface area contributed by atoms with Crippen LogP contribution in [-0.4, -0.2) is 52.4 Å². The molecule has 0 saturated heterocycles. The van der Waals surface area contributed by atoms with Gasteiger partial charge >= 0.3 is 0 Å². The molecule has 1 unspecified atom stereocenters. The number of aliphatic hydroxyl groups is 1. The summed E-state index contributed by atoms with van der Waals surface area (Å²) in [6.07, 6.45) is 1.76. The van der Waals surface area contributed by atoms with Crippen LogP contribution >= 0.6 is 0 Å². The molecule has 2 heterocycles. The molecule has 1 aromatic heterocycles. The first kappa shape index (κ1) is 17.5. The maximum atomic E-state index is 12.5. The van der Waals surface area contributed by atoms with E-state index in [1.807, 2.05) is 30.3 Å². The summed E-state index contributed by atoms with van der Waals surface area (Å²) in [5, 5.41) is 10.0. The first-order valence-corrected chi connectivity index (χ1v) is 8.44. The molecular weight excluding hydrogens is 318 g/mol. The molecule has 3 rings (SSSR count). The van der Waals surface area contributed by atoms with Gasteiger partial charge in [-0.1, -0.05) is 36.4 Å². The van der Waals surface area contributed by atoms with E-state index in [9.17, 15) is 9.90 Å². The molecule has 0 amide bonds. The quantitative estimate of drug-likeness (QED) is 0.587. The molecule has 6 nitrogen and oxygen atoms in total. The summed E-state index contributed by atoms with van der Waals surface area (Å²) in [6, 6.07) is 9.64. The maximum absolute atomic E-state index is 12.5. The predicted octanol–water partition coefficient (Wildman–Crippen LogP) is 1.36. The van der Waals surface area contributed by atoms with Crippen molar-refractivity contribution < 1.29 is 9.84 Å². The number of H-pyrrole nitrogens is 1. The van der Waals surface area contributed by atoms with Gasteiger partial charge in [0.25, 0.3) is 5.56 Å². The van der Waals surface area contributed by atoms with Gasteiger partial charge in [-0.05, 0) is 0 Å². The number of nitrogens with zero attached hydrogens (tertiary/aromatic N) is 2. The number of β-amino-alcohol motifs (C(OH)–C–C–N with tert-alkyl or cyclic N) is 1. The Kier molecular flexibility index (Phi) is 5.75. The Morgan fingerprint density at radius 3 is 2.96 bits per heavy atom. The molecule has 1 atom stereocenters. The van der Waals surface area contributed by atoms with Gasteiger partial charge in [0.15, 0.2) is 0 Å². The van der Waals surface area contributed by atoms with Crippen LogP contribution in [-0.2, 0) is 17.7 Å². The Balaban J connectivity index is 1.70. The number of fused-ring (bicyclic) bond motifs is 1. The van der Waals surface area contributed by atoms with Crippen molar-refractivity contribution in [2.75, 3.05) is 26.3 Å². The van der Waals surface area contributed by atoms with Crippen LogP contribution in [0.2, 0.25) is 0 Å². The molecule has 25 heavy (non-hydrogen) atoms. The zero-order valence-electron chi connectivity index (χ0n) is 14.1. The number of hydrogen-bond acceptors (Lipinski definition) is 5. The zero-order chi connectivity index (χ0) is 17.6. The van der Waals surface area contributed by atoms with Gasteiger partial charge in [0.05, 0.1) is 30.6 Å². The topological polar surface area (TPSA) is 78.5 Å². The summed E-state index contributed by atoms with van der Waals surface area (Å²) in [6.45, 7) is 5.98. The van der Waals surface area contributed by atoms with Crippen molar-refractivity contribution >= 4 is 0 Å². The van der Waals surface area contributed by atoms with Crippen LogP contribution in [0.3, 0.4) is 0 Å². The molecule has 132 valence electrons. The monoisotopic (exact) mass is 341 g/mol. The smallest absolute Gasteiger partial charge is 0.255 e. The third-order valence-electron chi connectivity index (χ3n) is 4.21. The second kappa shape index (κ2) is 8.20. The third kappa shape index (κ3) is 4.42. The van der Waals surface area contributed by atoms with Crippen LogP contribution < -0.4 is 5.56 Å². The van der Waals surface area contributed by atoms with Crippen LogP contribution in [0.1, 0.15) is 11.3 Å². The molecule has 0 bridgehead atoms. The van der Waals surface area contributed by atoms with E-state index in [1.165, 1.54) is 0 Å². The van der Waals surface area contributed by atoms with Crippen molar-refractivity contribution in [3.05, 3.63) is 64.6 Å². The van der Waals surface area contributed by atoms with Crippen molar-refractivity contribution in [1.82, 2.24) is 14.9 Å². The van der Waals surface area contributed by atoms with E-state index < -0.39 is 6.10 Å². The lowest BCUT2D eigenvalue weighted by atomic mass is 10.1. The minimum absolute atomic E-state index is 0.106. The standard InChI is InChI=1S/C19H23N3O3/c1-2-10-25-13-15(23)11-22-9-8-17-16(12-22)19(24)21-18(20-17)14-6-4-3-5-7-14/h2-7,15,23H,1,8-13H2,(H,20,21,24). The van der Waals surface area contributed by atoms with E-state index in [0.29, 0.717) is 37.5 Å². The molecule has 6 heteroatoms. The molecule has 2 N–H and O–H groups in total.